The third-order valence-electron chi connectivity index (χ3n) is 5.65. The molecule has 2 heterocycles. The van der Waals surface area contributed by atoms with E-state index in [-0.39, 0.29) is 5.54 Å². The van der Waals surface area contributed by atoms with Crippen molar-refractivity contribution in [2.24, 2.45) is 5.92 Å². The second-order valence-corrected chi connectivity index (χ2v) is 6.83. The highest BCUT2D eigenvalue weighted by Gasteiger charge is 2.42. The van der Waals surface area contributed by atoms with Gasteiger partial charge in [0.2, 0.25) is 0 Å². The molecule has 0 amide bonds. The molecule has 3 nitrogen and oxygen atoms in total. The number of piperazine rings is 1. The fourth-order valence-electron chi connectivity index (χ4n) is 4.15. The van der Waals surface area contributed by atoms with Crippen LogP contribution in [0.15, 0.2) is 30.3 Å². The summed E-state index contributed by atoms with van der Waals surface area (Å²) in [5.74, 6) is 0.759. The number of hydrogen-bond donors (Lipinski definition) is 1. The molecule has 1 N–H and O–H groups in total. The zero-order valence-corrected chi connectivity index (χ0v) is 13.5. The molecule has 0 radical (unpaired) electrons. The minimum atomic E-state index is 0.185. The van der Waals surface area contributed by atoms with Gasteiger partial charge in [0.15, 0.2) is 0 Å². The first-order valence-corrected chi connectivity index (χ1v) is 8.41. The highest BCUT2D eigenvalue weighted by Crippen LogP contribution is 2.41. The van der Waals surface area contributed by atoms with Crippen molar-refractivity contribution in [3.05, 3.63) is 35.9 Å². The maximum atomic E-state index is 3.50. The quantitative estimate of drug-likeness (QED) is 0.919. The van der Waals surface area contributed by atoms with Gasteiger partial charge in [0.1, 0.15) is 0 Å². The molecule has 1 atom stereocenters. The maximum absolute atomic E-state index is 3.50. The number of nitrogens with one attached hydrogen (secondary N) is 1. The molecule has 2 saturated heterocycles. The second-order valence-electron chi connectivity index (χ2n) is 6.83. The van der Waals surface area contributed by atoms with Gasteiger partial charge in [-0.05, 0) is 51.4 Å². The van der Waals surface area contributed by atoms with Crippen molar-refractivity contribution in [1.29, 1.82) is 0 Å². The lowest BCUT2D eigenvalue weighted by Crippen LogP contribution is -2.57. The van der Waals surface area contributed by atoms with Crippen LogP contribution in [-0.2, 0) is 5.54 Å². The maximum Gasteiger partial charge on any atom is 0.0462 e. The van der Waals surface area contributed by atoms with Crippen LogP contribution in [-0.4, -0.2) is 56.1 Å². The van der Waals surface area contributed by atoms with Gasteiger partial charge in [-0.2, -0.15) is 0 Å². The fourth-order valence-corrected chi connectivity index (χ4v) is 4.15. The Kier molecular flexibility index (Phi) is 4.63. The van der Waals surface area contributed by atoms with Gasteiger partial charge >= 0.3 is 0 Å². The largest absolute Gasteiger partial charge is 0.314 e. The minimum Gasteiger partial charge on any atom is -0.314 e. The lowest BCUT2D eigenvalue weighted by molar-refractivity contribution is 0.00570. The molecule has 0 aromatic heterocycles. The Morgan fingerprint density at radius 3 is 2.24 bits per heavy atom. The van der Waals surface area contributed by atoms with E-state index in [0.29, 0.717) is 0 Å². The molecule has 2 aliphatic heterocycles. The van der Waals surface area contributed by atoms with E-state index in [1.807, 2.05) is 0 Å². The number of rotatable bonds is 3. The lowest BCUT2D eigenvalue weighted by Gasteiger charge is -2.50. The number of piperidine rings is 1. The third-order valence-corrected chi connectivity index (χ3v) is 5.65. The molecular formula is C18H29N3. The van der Waals surface area contributed by atoms with Crippen LogP contribution in [0, 0.1) is 5.92 Å². The highest BCUT2D eigenvalue weighted by atomic mass is 15.2. The van der Waals surface area contributed by atoms with E-state index in [1.54, 1.807) is 0 Å². The number of nitrogens with zero attached hydrogens (tertiary/aromatic N) is 2. The summed E-state index contributed by atoms with van der Waals surface area (Å²) in [5.41, 5.74) is 1.69. The summed E-state index contributed by atoms with van der Waals surface area (Å²) in [6.45, 7) is 9.53. The Morgan fingerprint density at radius 2 is 1.62 bits per heavy atom. The Balaban J connectivity index is 1.90. The minimum absolute atomic E-state index is 0.185. The molecule has 0 saturated carbocycles. The van der Waals surface area contributed by atoms with E-state index in [9.17, 15) is 0 Å². The molecule has 1 aromatic carbocycles. The molecular weight excluding hydrogens is 258 g/mol. The van der Waals surface area contributed by atoms with E-state index in [1.165, 1.54) is 31.5 Å². The van der Waals surface area contributed by atoms with E-state index in [0.717, 1.165) is 32.1 Å². The summed E-state index contributed by atoms with van der Waals surface area (Å²) in [7, 11) is 2.25. The van der Waals surface area contributed by atoms with Crippen molar-refractivity contribution in [2.75, 3.05) is 46.3 Å². The van der Waals surface area contributed by atoms with Gasteiger partial charge < -0.3 is 10.2 Å². The summed E-state index contributed by atoms with van der Waals surface area (Å²) in [6.07, 6.45) is 2.62. The van der Waals surface area contributed by atoms with Crippen LogP contribution in [0.5, 0.6) is 0 Å². The van der Waals surface area contributed by atoms with Gasteiger partial charge in [-0.3, -0.25) is 4.90 Å². The van der Waals surface area contributed by atoms with Crippen molar-refractivity contribution in [3.63, 3.8) is 0 Å². The molecule has 2 fully saturated rings. The van der Waals surface area contributed by atoms with Crippen LogP contribution in [0.4, 0.5) is 0 Å². The van der Waals surface area contributed by atoms with Gasteiger partial charge in [-0.15, -0.1) is 0 Å². The molecule has 3 rings (SSSR count). The van der Waals surface area contributed by atoms with Crippen LogP contribution >= 0.6 is 0 Å². The zero-order chi connectivity index (χ0) is 14.7. The first-order chi connectivity index (χ1) is 10.2. The predicted octanol–water partition coefficient (Wildman–Crippen LogP) is 2.15. The summed E-state index contributed by atoms with van der Waals surface area (Å²) >= 11 is 0. The second kappa shape index (κ2) is 6.47. The van der Waals surface area contributed by atoms with Crippen LogP contribution in [0.3, 0.4) is 0 Å². The lowest BCUT2D eigenvalue weighted by atomic mass is 9.73. The van der Waals surface area contributed by atoms with Gasteiger partial charge in [0.05, 0.1) is 0 Å². The Morgan fingerprint density at radius 1 is 1.00 bits per heavy atom. The standard InChI is InChI=1S/C18H29N3/c1-18(16-6-4-3-5-7-16,21-14-10-19-11-15-21)17-8-12-20(2)13-9-17/h3-7,17,19H,8-15H2,1-2H3. The predicted molar refractivity (Wildman–Crippen MR) is 88.5 cm³/mol. The molecule has 0 aliphatic carbocycles. The van der Waals surface area contributed by atoms with Crippen molar-refractivity contribution in [3.8, 4) is 0 Å². The summed E-state index contributed by atoms with van der Waals surface area (Å²) in [4.78, 5) is 5.20. The fraction of sp³-hybridized carbons (Fsp3) is 0.667. The molecule has 1 unspecified atom stereocenters. The van der Waals surface area contributed by atoms with Gasteiger partial charge in [-0.1, -0.05) is 30.3 Å². The Labute approximate surface area is 129 Å². The average Bonchev–Trinajstić information content (AvgIpc) is 2.56. The van der Waals surface area contributed by atoms with E-state index >= 15 is 0 Å². The number of hydrogen-bond acceptors (Lipinski definition) is 3. The van der Waals surface area contributed by atoms with Gasteiger partial charge in [0.25, 0.3) is 0 Å². The van der Waals surface area contributed by atoms with Gasteiger partial charge in [-0.25, -0.2) is 0 Å². The van der Waals surface area contributed by atoms with Crippen molar-refractivity contribution in [2.45, 2.75) is 25.3 Å². The monoisotopic (exact) mass is 287 g/mol. The summed E-state index contributed by atoms with van der Waals surface area (Å²) in [5, 5.41) is 3.50. The third kappa shape index (κ3) is 3.01. The molecule has 116 valence electrons. The van der Waals surface area contributed by atoms with E-state index in [2.05, 4.69) is 59.4 Å². The Bertz CT molecular complexity index is 433. The van der Waals surface area contributed by atoms with Crippen molar-refractivity contribution in [1.82, 2.24) is 15.1 Å². The molecule has 21 heavy (non-hydrogen) atoms. The van der Waals surface area contributed by atoms with Crippen LogP contribution in [0.1, 0.15) is 25.3 Å². The number of benzene rings is 1. The van der Waals surface area contributed by atoms with Crippen molar-refractivity contribution >= 4 is 0 Å². The van der Waals surface area contributed by atoms with Crippen LogP contribution in [0.2, 0.25) is 0 Å². The molecule has 3 heteroatoms. The summed E-state index contributed by atoms with van der Waals surface area (Å²) in [6, 6.07) is 11.2. The molecule has 0 bridgehead atoms. The van der Waals surface area contributed by atoms with Gasteiger partial charge in [0, 0.05) is 31.7 Å². The smallest absolute Gasteiger partial charge is 0.0462 e. The SMILES string of the molecule is CN1CCC(C(C)(c2ccccc2)N2CCNCC2)CC1. The first-order valence-electron chi connectivity index (χ1n) is 8.41. The average molecular weight is 287 g/mol. The molecule has 1 aromatic rings. The first kappa shape index (κ1) is 15.0. The van der Waals surface area contributed by atoms with Crippen LogP contribution in [0.25, 0.3) is 0 Å². The molecule has 2 aliphatic rings. The van der Waals surface area contributed by atoms with E-state index < -0.39 is 0 Å². The van der Waals surface area contributed by atoms with Crippen molar-refractivity contribution < 1.29 is 0 Å². The number of likely N-dealkylation sites (tertiary alicyclic amines) is 1. The molecule has 0 spiro atoms. The summed E-state index contributed by atoms with van der Waals surface area (Å²) < 4.78 is 0. The Hall–Kier alpha value is -0.900. The van der Waals surface area contributed by atoms with E-state index in [4.69, 9.17) is 0 Å². The highest BCUT2D eigenvalue weighted by molar-refractivity contribution is 5.25. The topological polar surface area (TPSA) is 18.5 Å². The zero-order valence-electron chi connectivity index (χ0n) is 13.5. The van der Waals surface area contributed by atoms with Crippen LogP contribution < -0.4 is 5.32 Å². The normalized spacial score (nSPS) is 25.6.